The Balaban J connectivity index is 2.02. The zero-order chi connectivity index (χ0) is 13.8. The molecule has 0 radical (unpaired) electrons. The lowest BCUT2D eigenvalue weighted by Gasteiger charge is -2.39. The van der Waals surface area contributed by atoms with E-state index in [-0.39, 0.29) is 0 Å². The molecule has 1 atom stereocenters. The van der Waals surface area contributed by atoms with E-state index >= 15 is 0 Å². The number of rotatable bonds is 5. The van der Waals surface area contributed by atoms with Gasteiger partial charge in [0, 0.05) is 37.1 Å². The van der Waals surface area contributed by atoms with Crippen molar-refractivity contribution in [2.45, 2.75) is 40.3 Å². The molecular weight excluding hydrogens is 256 g/mol. The van der Waals surface area contributed by atoms with Gasteiger partial charge in [-0.3, -0.25) is 4.90 Å². The van der Waals surface area contributed by atoms with E-state index in [0.29, 0.717) is 6.04 Å². The summed E-state index contributed by atoms with van der Waals surface area (Å²) >= 11 is 1.85. The average Bonchev–Trinajstić information content (AvgIpc) is 2.77. The molecular formula is C14H26N4S. The van der Waals surface area contributed by atoms with E-state index in [1.54, 1.807) is 0 Å². The molecule has 2 heterocycles. The van der Waals surface area contributed by atoms with E-state index in [0.717, 1.165) is 39.3 Å². The Morgan fingerprint density at radius 2 is 2.16 bits per heavy atom. The van der Waals surface area contributed by atoms with Crippen molar-refractivity contribution in [3.05, 3.63) is 10.6 Å². The Labute approximate surface area is 120 Å². The number of nitrogens with zero attached hydrogens (tertiary/aromatic N) is 3. The van der Waals surface area contributed by atoms with Crippen LogP contribution in [-0.4, -0.2) is 48.6 Å². The van der Waals surface area contributed by atoms with Gasteiger partial charge in [-0.2, -0.15) is 0 Å². The van der Waals surface area contributed by atoms with Crippen molar-refractivity contribution in [1.29, 1.82) is 0 Å². The van der Waals surface area contributed by atoms with E-state index in [1.165, 1.54) is 15.7 Å². The molecule has 108 valence electrons. The molecule has 0 spiro atoms. The van der Waals surface area contributed by atoms with Crippen molar-refractivity contribution >= 4 is 16.5 Å². The number of nitrogens with one attached hydrogen (secondary N) is 1. The van der Waals surface area contributed by atoms with Gasteiger partial charge in [0.15, 0.2) is 5.13 Å². The minimum absolute atomic E-state index is 0.625. The smallest absolute Gasteiger partial charge is 0.185 e. The summed E-state index contributed by atoms with van der Waals surface area (Å²) in [6, 6.07) is 0.625. The molecule has 0 bridgehead atoms. The van der Waals surface area contributed by atoms with Crippen molar-refractivity contribution in [3.63, 3.8) is 0 Å². The maximum absolute atomic E-state index is 4.76. The summed E-state index contributed by atoms with van der Waals surface area (Å²) in [6.07, 6.45) is 0. The van der Waals surface area contributed by atoms with Gasteiger partial charge in [0.25, 0.3) is 0 Å². The molecule has 1 unspecified atom stereocenters. The first kappa shape index (κ1) is 14.8. The monoisotopic (exact) mass is 282 g/mol. The molecule has 1 aliphatic rings. The quantitative estimate of drug-likeness (QED) is 0.896. The minimum Gasteiger partial charge on any atom is -0.345 e. The second-order valence-corrected chi connectivity index (χ2v) is 6.27. The van der Waals surface area contributed by atoms with E-state index < -0.39 is 0 Å². The number of thiazole rings is 1. The van der Waals surface area contributed by atoms with Gasteiger partial charge < -0.3 is 10.2 Å². The van der Waals surface area contributed by atoms with Gasteiger partial charge in [0.2, 0.25) is 0 Å². The van der Waals surface area contributed by atoms with Crippen LogP contribution in [0, 0.1) is 6.92 Å². The Kier molecular flexibility index (Phi) is 5.19. The summed E-state index contributed by atoms with van der Waals surface area (Å²) in [4.78, 5) is 11.1. The van der Waals surface area contributed by atoms with E-state index in [1.807, 2.05) is 11.3 Å². The van der Waals surface area contributed by atoms with Crippen LogP contribution >= 0.6 is 11.3 Å². The normalized spacial score (nSPS) is 21.1. The molecule has 5 heteroatoms. The second-order valence-electron chi connectivity index (χ2n) is 5.21. The van der Waals surface area contributed by atoms with E-state index in [2.05, 4.69) is 42.8 Å². The lowest BCUT2D eigenvalue weighted by atomic mass is 10.2. The van der Waals surface area contributed by atoms with Gasteiger partial charge in [-0.25, -0.2) is 4.98 Å². The number of aryl methyl sites for hydroxylation is 1. The van der Waals surface area contributed by atoms with Gasteiger partial charge in [-0.1, -0.05) is 13.8 Å². The van der Waals surface area contributed by atoms with Crippen LogP contribution in [0.25, 0.3) is 0 Å². The van der Waals surface area contributed by atoms with Crippen LogP contribution in [0.3, 0.4) is 0 Å². The first-order valence-corrected chi connectivity index (χ1v) is 8.13. The first-order valence-electron chi connectivity index (χ1n) is 7.31. The van der Waals surface area contributed by atoms with E-state index in [4.69, 9.17) is 4.98 Å². The molecule has 19 heavy (non-hydrogen) atoms. The average molecular weight is 282 g/mol. The third-order valence-electron chi connectivity index (χ3n) is 3.86. The highest BCUT2D eigenvalue weighted by molar-refractivity contribution is 7.15. The van der Waals surface area contributed by atoms with Gasteiger partial charge in [-0.15, -0.1) is 11.3 Å². The zero-order valence-electron chi connectivity index (χ0n) is 12.6. The van der Waals surface area contributed by atoms with E-state index in [9.17, 15) is 0 Å². The van der Waals surface area contributed by atoms with Gasteiger partial charge in [-0.05, 0) is 26.9 Å². The molecule has 0 aliphatic carbocycles. The zero-order valence-corrected chi connectivity index (χ0v) is 13.4. The Morgan fingerprint density at radius 3 is 2.79 bits per heavy atom. The highest BCUT2D eigenvalue weighted by Gasteiger charge is 2.24. The predicted molar refractivity (Wildman–Crippen MR) is 83.2 cm³/mol. The molecule has 1 N–H and O–H groups in total. The predicted octanol–water partition coefficient (Wildman–Crippen LogP) is 2.09. The number of hydrogen-bond donors (Lipinski definition) is 1. The minimum atomic E-state index is 0.625. The third kappa shape index (κ3) is 3.46. The molecule has 1 aromatic heterocycles. The molecule has 4 nitrogen and oxygen atoms in total. The first-order chi connectivity index (χ1) is 9.15. The van der Waals surface area contributed by atoms with Crippen LogP contribution in [0.1, 0.15) is 31.3 Å². The molecule has 1 saturated heterocycles. The van der Waals surface area contributed by atoms with Crippen molar-refractivity contribution in [3.8, 4) is 0 Å². The SMILES string of the molecule is CCNCc1sc(N2CCN(CC)C(C)C2)nc1C. The van der Waals surface area contributed by atoms with Crippen molar-refractivity contribution in [2.24, 2.45) is 0 Å². The Bertz CT molecular complexity index is 404. The summed E-state index contributed by atoms with van der Waals surface area (Å²) in [6.45, 7) is 15.3. The van der Waals surface area contributed by atoms with Gasteiger partial charge in [0.1, 0.15) is 0 Å². The largest absolute Gasteiger partial charge is 0.345 e. The molecule has 0 aromatic carbocycles. The topological polar surface area (TPSA) is 31.4 Å². The summed E-state index contributed by atoms with van der Waals surface area (Å²) in [5, 5.41) is 4.59. The molecule has 0 amide bonds. The maximum atomic E-state index is 4.76. The molecule has 1 fully saturated rings. The van der Waals surface area contributed by atoms with Gasteiger partial charge in [0.05, 0.1) is 5.69 Å². The van der Waals surface area contributed by atoms with Crippen LogP contribution in [0.5, 0.6) is 0 Å². The fourth-order valence-corrected chi connectivity index (χ4v) is 3.65. The van der Waals surface area contributed by atoms with Crippen LogP contribution in [0.15, 0.2) is 0 Å². The standard InChI is InChI=1S/C14H26N4S/c1-5-15-9-13-12(4)16-14(19-13)18-8-7-17(6-2)11(3)10-18/h11,15H,5-10H2,1-4H3. The summed E-state index contributed by atoms with van der Waals surface area (Å²) < 4.78 is 0. The molecule has 0 saturated carbocycles. The lowest BCUT2D eigenvalue weighted by molar-refractivity contribution is 0.199. The summed E-state index contributed by atoms with van der Waals surface area (Å²) in [7, 11) is 0. The number of aromatic nitrogens is 1. The summed E-state index contributed by atoms with van der Waals surface area (Å²) in [5.41, 5.74) is 1.19. The molecule has 2 rings (SSSR count). The highest BCUT2D eigenvalue weighted by Crippen LogP contribution is 2.27. The van der Waals surface area contributed by atoms with Gasteiger partial charge >= 0.3 is 0 Å². The number of likely N-dealkylation sites (N-methyl/N-ethyl adjacent to an activating group) is 1. The third-order valence-corrected chi connectivity index (χ3v) is 5.08. The lowest BCUT2D eigenvalue weighted by Crippen LogP contribution is -2.51. The van der Waals surface area contributed by atoms with Crippen LogP contribution in [-0.2, 0) is 6.54 Å². The van der Waals surface area contributed by atoms with Crippen molar-refractivity contribution < 1.29 is 0 Å². The number of hydrogen-bond acceptors (Lipinski definition) is 5. The molecule has 1 aliphatic heterocycles. The highest BCUT2D eigenvalue weighted by atomic mass is 32.1. The second kappa shape index (κ2) is 6.68. The van der Waals surface area contributed by atoms with Crippen LogP contribution < -0.4 is 10.2 Å². The Hall–Kier alpha value is -0.650. The number of anilines is 1. The van der Waals surface area contributed by atoms with Crippen molar-refractivity contribution in [2.75, 3.05) is 37.6 Å². The van der Waals surface area contributed by atoms with Crippen molar-refractivity contribution in [1.82, 2.24) is 15.2 Å². The van der Waals surface area contributed by atoms with Crippen LogP contribution in [0.2, 0.25) is 0 Å². The Morgan fingerprint density at radius 1 is 1.37 bits per heavy atom. The fraction of sp³-hybridized carbons (Fsp3) is 0.786. The summed E-state index contributed by atoms with van der Waals surface area (Å²) in [5.74, 6) is 0. The maximum Gasteiger partial charge on any atom is 0.185 e. The van der Waals surface area contributed by atoms with Crippen LogP contribution in [0.4, 0.5) is 5.13 Å². The fourth-order valence-electron chi connectivity index (χ4n) is 2.59. The molecule has 1 aromatic rings. The number of piperazine rings is 1.